The Hall–Kier alpha value is -1.40. The molecule has 0 fully saturated rings. The van der Waals surface area contributed by atoms with E-state index in [1.165, 1.54) is 12.1 Å². The fourth-order valence-electron chi connectivity index (χ4n) is 2.31. The molecule has 0 heterocycles. The molecular formula is C15H22O5S. The second-order valence-electron chi connectivity index (χ2n) is 5.11. The Morgan fingerprint density at radius 2 is 1.76 bits per heavy atom. The van der Waals surface area contributed by atoms with Crippen molar-refractivity contribution in [1.82, 2.24) is 0 Å². The van der Waals surface area contributed by atoms with Gasteiger partial charge in [-0.2, -0.15) is 8.42 Å². The third-order valence-corrected chi connectivity index (χ3v) is 4.24. The molecule has 5 nitrogen and oxygen atoms in total. The van der Waals surface area contributed by atoms with Crippen LogP contribution in [0.5, 0.6) is 5.75 Å². The van der Waals surface area contributed by atoms with E-state index >= 15 is 0 Å². The molecule has 0 spiro atoms. The van der Waals surface area contributed by atoms with E-state index < -0.39 is 21.2 Å². The van der Waals surface area contributed by atoms with Gasteiger partial charge in [0, 0.05) is 5.56 Å². The second-order valence-corrected chi connectivity index (χ2v) is 6.46. The van der Waals surface area contributed by atoms with E-state index in [4.69, 9.17) is 4.55 Å². The average molecular weight is 314 g/mol. The number of para-hydroxylation sites is 1. The van der Waals surface area contributed by atoms with E-state index in [-0.39, 0.29) is 11.3 Å². The largest absolute Gasteiger partial charge is 0.508 e. The van der Waals surface area contributed by atoms with Crippen molar-refractivity contribution in [1.29, 1.82) is 0 Å². The van der Waals surface area contributed by atoms with Gasteiger partial charge in [0.15, 0.2) is 0 Å². The van der Waals surface area contributed by atoms with Gasteiger partial charge in [0.1, 0.15) is 5.75 Å². The maximum absolute atomic E-state index is 11.9. The highest BCUT2D eigenvalue weighted by Gasteiger charge is 2.31. The van der Waals surface area contributed by atoms with Crippen molar-refractivity contribution in [2.24, 2.45) is 0 Å². The van der Waals surface area contributed by atoms with Crippen LogP contribution in [0.4, 0.5) is 0 Å². The topological polar surface area (TPSA) is 91.7 Å². The van der Waals surface area contributed by atoms with E-state index in [0.29, 0.717) is 12.8 Å². The number of unbranched alkanes of at least 4 members (excludes halogenated alkanes) is 4. The molecule has 1 aromatic carbocycles. The number of rotatable bonds is 8. The van der Waals surface area contributed by atoms with Gasteiger partial charge in [-0.3, -0.25) is 9.35 Å². The molecule has 0 bridgehead atoms. The summed E-state index contributed by atoms with van der Waals surface area (Å²) in [6.07, 6.45) is 5.04. The predicted molar refractivity (Wildman–Crippen MR) is 80.8 cm³/mol. The standard InChI is InChI=1S/C15H22O5S/c1-2-3-4-5-6-10-13(15(17)21(18,19)20)12-9-7-8-11-14(12)16/h7-9,11,13,16H,2-6,10H2,1H3,(H,18,19,20). The van der Waals surface area contributed by atoms with E-state index in [1.54, 1.807) is 12.1 Å². The van der Waals surface area contributed by atoms with Crippen LogP contribution in [0.1, 0.15) is 56.9 Å². The number of aromatic hydroxyl groups is 1. The monoisotopic (exact) mass is 314 g/mol. The number of carbonyl (C=O) groups is 1. The van der Waals surface area contributed by atoms with E-state index in [2.05, 4.69) is 6.92 Å². The Kier molecular flexibility index (Phi) is 6.84. The molecule has 118 valence electrons. The lowest BCUT2D eigenvalue weighted by atomic mass is 9.93. The van der Waals surface area contributed by atoms with Crippen LogP contribution in [0.2, 0.25) is 0 Å². The van der Waals surface area contributed by atoms with Gasteiger partial charge in [-0.25, -0.2) is 0 Å². The summed E-state index contributed by atoms with van der Waals surface area (Å²) >= 11 is 0. The fraction of sp³-hybridized carbons (Fsp3) is 0.533. The molecule has 2 N–H and O–H groups in total. The summed E-state index contributed by atoms with van der Waals surface area (Å²) < 4.78 is 31.2. The van der Waals surface area contributed by atoms with Crippen LogP contribution in [-0.2, 0) is 14.9 Å². The first kappa shape index (κ1) is 17.7. The molecule has 0 aliphatic rings. The number of carbonyl (C=O) groups excluding carboxylic acids is 1. The van der Waals surface area contributed by atoms with Crippen molar-refractivity contribution in [2.75, 3.05) is 0 Å². The van der Waals surface area contributed by atoms with Crippen LogP contribution in [0, 0.1) is 0 Å². The normalized spacial score (nSPS) is 13.0. The quantitative estimate of drug-likeness (QED) is 0.567. The Morgan fingerprint density at radius 1 is 1.14 bits per heavy atom. The minimum atomic E-state index is -4.76. The Morgan fingerprint density at radius 3 is 2.33 bits per heavy atom. The van der Waals surface area contributed by atoms with Gasteiger partial charge in [0.05, 0.1) is 5.92 Å². The average Bonchev–Trinajstić information content (AvgIpc) is 2.42. The van der Waals surface area contributed by atoms with Crippen molar-refractivity contribution in [3.8, 4) is 5.75 Å². The minimum absolute atomic E-state index is 0.131. The zero-order valence-electron chi connectivity index (χ0n) is 12.2. The summed E-state index contributed by atoms with van der Waals surface area (Å²) in [7, 11) is -4.76. The lowest BCUT2D eigenvalue weighted by molar-refractivity contribution is -0.113. The van der Waals surface area contributed by atoms with Gasteiger partial charge < -0.3 is 5.11 Å². The van der Waals surface area contributed by atoms with Gasteiger partial charge >= 0.3 is 10.1 Å². The molecule has 0 amide bonds. The third-order valence-electron chi connectivity index (χ3n) is 3.45. The zero-order chi connectivity index (χ0) is 15.9. The van der Waals surface area contributed by atoms with Crippen LogP contribution < -0.4 is 0 Å². The SMILES string of the molecule is CCCCCCCC(C(=O)S(=O)(=O)O)c1ccccc1O. The van der Waals surface area contributed by atoms with E-state index in [9.17, 15) is 18.3 Å². The number of hydrogen-bond acceptors (Lipinski definition) is 4. The molecule has 0 saturated heterocycles. The predicted octanol–water partition coefficient (Wildman–Crippen LogP) is 3.25. The summed E-state index contributed by atoms with van der Waals surface area (Å²) in [4.78, 5) is 11.9. The maximum Gasteiger partial charge on any atom is 0.329 e. The molecule has 0 saturated carbocycles. The summed E-state index contributed by atoms with van der Waals surface area (Å²) in [5.74, 6) is -1.16. The molecule has 6 heteroatoms. The molecule has 0 aromatic heterocycles. The highest BCUT2D eigenvalue weighted by Crippen LogP contribution is 2.31. The molecule has 1 unspecified atom stereocenters. The number of benzene rings is 1. The highest BCUT2D eigenvalue weighted by molar-refractivity contribution is 8.01. The maximum atomic E-state index is 11.9. The summed E-state index contributed by atoms with van der Waals surface area (Å²) in [6.45, 7) is 2.09. The molecule has 0 aliphatic carbocycles. The van der Waals surface area contributed by atoms with Gasteiger partial charge in [-0.1, -0.05) is 57.2 Å². The van der Waals surface area contributed by atoms with Gasteiger partial charge in [0.25, 0.3) is 5.12 Å². The summed E-state index contributed by atoms with van der Waals surface area (Å²) in [6, 6.07) is 6.12. The molecule has 0 radical (unpaired) electrons. The van der Waals surface area contributed by atoms with Crippen LogP contribution in [0.3, 0.4) is 0 Å². The van der Waals surface area contributed by atoms with E-state index in [0.717, 1.165) is 25.7 Å². The summed E-state index contributed by atoms with van der Waals surface area (Å²) in [5.41, 5.74) is 0.246. The van der Waals surface area contributed by atoms with Crippen molar-refractivity contribution < 1.29 is 22.9 Å². The van der Waals surface area contributed by atoms with Gasteiger partial charge in [-0.15, -0.1) is 0 Å². The first-order valence-corrected chi connectivity index (χ1v) is 8.61. The molecular weight excluding hydrogens is 292 g/mol. The van der Waals surface area contributed by atoms with Gasteiger partial charge in [-0.05, 0) is 12.5 Å². The lowest BCUT2D eigenvalue weighted by Gasteiger charge is -2.15. The Bertz CT molecular complexity index is 565. The number of phenolic OH excluding ortho intramolecular Hbond substituents is 1. The third kappa shape index (κ3) is 5.47. The molecule has 0 aliphatic heterocycles. The van der Waals surface area contributed by atoms with Crippen molar-refractivity contribution in [3.05, 3.63) is 29.8 Å². The first-order valence-electron chi connectivity index (χ1n) is 7.17. The van der Waals surface area contributed by atoms with Gasteiger partial charge in [0.2, 0.25) is 0 Å². The number of phenols is 1. The number of hydrogen-bond donors (Lipinski definition) is 2. The van der Waals surface area contributed by atoms with Crippen LogP contribution >= 0.6 is 0 Å². The smallest absolute Gasteiger partial charge is 0.329 e. The van der Waals surface area contributed by atoms with Crippen LogP contribution in [-0.4, -0.2) is 23.2 Å². The molecule has 21 heavy (non-hydrogen) atoms. The lowest BCUT2D eigenvalue weighted by Crippen LogP contribution is -2.22. The first-order chi connectivity index (χ1) is 9.88. The molecule has 1 rings (SSSR count). The van der Waals surface area contributed by atoms with E-state index in [1.807, 2.05) is 0 Å². The second kappa shape index (κ2) is 8.14. The zero-order valence-corrected chi connectivity index (χ0v) is 13.0. The highest BCUT2D eigenvalue weighted by atomic mass is 32.2. The van der Waals surface area contributed by atoms with Crippen LogP contribution in [0.15, 0.2) is 24.3 Å². The fourth-order valence-corrected chi connectivity index (χ4v) is 2.92. The van der Waals surface area contributed by atoms with Crippen molar-refractivity contribution in [3.63, 3.8) is 0 Å². The van der Waals surface area contributed by atoms with Crippen molar-refractivity contribution in [2.45, 2.75) is 51.4 Å². The Labute approximate surface area is 125 Å². The Balaban J connectivity index is 2.86. The minimum Gasteiger partial charge on any atom is -0.508 e. The summed E-state index contributed by atoms with van der Waals surface area (Å²) in [5, 5.41) is 8.56. The molecule has 1 atom stereocenters. The van der Waals surface area contributed by atoms with Crippen LogP contribution in [0.25, 0.3) is 0 Å². The molecule has 1 aromatic rings. The van der Waals surface area contributed by atoms with Crippen molar-refractivity contribution >= 4 is 15.2 Å².